The molecule has 0 aliphatic carbocycles. The molecule has 0 unspecified atom stereocenters. The Morgan fingerprint density at radius 2 is 1.50 bits per heavy atom. The molecule has 6 aromatic carbocycles. The number of aliphatic hydroxyl groups is 1. The second-order valence-electron chi connectivity index (χ2n) is 14.8. The van der Waals surface area contributed by atoms with Crippen molar-refractivity contribution < 1.29 is 19.4 Å². The van der Waals surface area contributed by atoms with Gasteiger partial charge >= 0.3 is 0 Å². The van der Waals surface area contributed by atoms with Gasteiger partial charge in [-0.15, -0.1) is 0 Å². The minimum absolute atomic E-state index is 0.00727. The molecule has 2 heterocycles. The number of amides is 1. The maximum Gasteiger partial charge on any atom is 0.271 e. The fourth-order valence-corrected chi connectivity index (χ4v) is 7.56. The number of benzene rings is 6. The number of nitrogens with zero attached hydrogens (tertiary/aromatic N) is 3. The van der Waals surface area contributed by atoms with Crippen molar-refractivity contribution in [3.63, 3.8) is 0 Å². The number of likely N-dealkylation sites (N-methyl/N-ethyl adjacent to an activating group) is 1. The van der Waals surface area contributed by atoms with Gasteiger partial charge in [0, 0.05) is 30.6 Å². The number of hydrogen-bond acceptors (Lipinski definition) is 7. The summed E-state index contributed by atoms with van der Waals surface area (Å²) in [7, 11) is 2.16. The largest absolute Gasteiger partial charge is 0.392 e. The van der Waals surface area contributed by atoms with Crippen LogP contribution in [0.3, 0.4) is 0 Å². The number of hydrogen-bond donors (Lipinski definition) is 2. The number of carbonyl (C=O) groups excluding carboxylic acids is 1. The van der Waals surface area contributed by atoms with Crippen LogP contribution in [0.1, 0.15) is 70.6 Å². The molecule has 8 heteroatoms. The monoisotopic (exact) mass is 742 g/mol. The van der Waals surface area contributed by atoms with Crippen LogP contribution in [0.2, 0.25) is 0 Å². The number of carbonyl (C=O) groups is 1. The van der Waals surface area contributed by atoms with Crippen LogP contribution in [-0.2, 0) is 22.6 Å². The van der Waals surface area contributed by atoms with Crippen LogP contribution in [0.5, 0.6) is 0 Å². The van der Waals surface area contributed by atoms with Crippen LogP contribution in [0.15, 0.2) is 146 Å². The lowest BCUT2D eigenvalue weighted by molar-refractivity contribution is -0.276. The SMILES string of the molecule is C[C@H]1[C@@H](CN(C)[C@H](C)c2ccc3ccccc3c2)O[C@@H](c2cccc(-c3cccc(CNC(=O)c4cnc5ccccc5n4)c3)c2)O[C@H]1c1ccc(CO)cc1. The van der Waals surface area contributed by atoms with Crippen LogP contribution < -0.4 is 5.32 Å². The highest BCUT2D eigenvalue weighted by atomic mass is 16.7. The van der Waals surface area contributed by atoms with Crippen LogP contribution >= 0.6 is 0 Å². The Labute approximate surface area is 327 Å². The summed E-state index contributed by atoms with van der Waals surface area (Å²) in [4.78, 5) is 24.3. The van der Waals surface area contributed by atoms with E-state index in [1.165, 1.54) is 22.5 Å². The summed E-state index contributed by atoms with van der Waals surface area (Å²) in [6, 6.07) is 47.4. The van der Waals surface area contributed by atoms with Crippen LogP contribution in [-0.4, -0.2) is 45.6 Å². The molecular weight excluding hydrogens is 697 g/mol. The van der Waals surface area contributed by atoms with Gasteiger partial charge < -0.3 is 19.9 Å². The van der Waals surface area contributed by atoms with Gasteiger partial charge in [-0.1, -0.05) is 116 Å². The van der Waals surface area contributed by atoms with E-state index in [1.54, 1.807) is 0 Å². The third-order valence-electron chi connectivity index (χ3n) is 11.1. The van der Waals surface area contributed by atoms with Crippen molar-refractivity contribution in [1.82, 2.24) is 20.2 Å². The Balaban J connectivity index is 1.01. The fraction of sp³-hybridized carbons (Fsp3) is 0.229. The van der Waals surface area contributed by atoms with E-state index in [9.17, 15) is 9.90 Å². The first kappa shape index (κ1) is 37.2. The Bertz CT molecular complexity index is 2470. The summed E-state index contributed by atoms with van der Waals surface area (Å²) >= 11 is 0. The molecule has 282 valence electrons. The lowest BCUT2D eigenvalue weighted by Gasteiger charge is -2.43. The summed E-state index contributed by atoms with van der Waals surface area (Å²) in [5.74, 6) is -0.225. The standard InChI is InChI=1S/C48H46N4O4/c1-31-45(29-52(3)32(2)37-23-22-35-11-4-5-12-39(35)25-37)55-48(56-46(31)36-20-18-33(30-53)19-21-36)41-15-9-14-40(26-41)38-13-8-10-34(24-38)27-50-47(54)44-28-49-42-16-6-7-17-43(42)51-44/h4-26,28,31-32,45-46,48,53H,27,29-30H2,1-3H3,(H,50,54)/t31-,32+,45+,46+,48+/m0/s1. The highest BCUT2D eigenvalue weighted by molar-refractivity contribution is 5.93. The number of fused-ring (bicyclic) bond motifs is 2. The van der Waals surface area contributed by atoms with Crippen molar-refractivity contribution in [3.8, 4) is 11.1 Å². The molecule has 2 N–H and O–H groups in total. The van der Waals surface area contributed by atoms with Gasteiger partial charge in [-0.05, 0) is 88.5 Å². The van der Waals surface area contributed by atoms with E-state index < -0.39 is 6.29 Å². The van der Waals surface area contributed by atoms with E-state index in [2.05, 4.69) is 126 Å². The maximum atomic E-state index is 13.0. The molecule has 1 aliphatic rings. The first-order valence-electron chi connectivity index (χ1n) is 19.2. The normalized spacial score (nSPS) is 18.9. The lowest BCUT2D eigenvalue weighted by atomic mass is 9.89. The molecule has 0 bridgehead atoms. The van der Waals surface area contributed by atoms with E-state index in [4.69, 9.17) is 9.47 Å². The third kappa shape index (κ3) is 8.10. The number of rotatable bonds is 11. The third-order valence-corrected chi connectivity index (χ3v) is 11.1. The van der Waals surface area contributed by atoms with Crippen molar-refractivity contribution >= 4 is 27.7 Å². The Hall–Kier alpha value is -5.77. The van der Waals surface area contributed by atoms with Gasteiger partial charge in [0.25, 0.3) is 5.91 Å². The highest BCUT2D eigenvalue weighted by Crippen LogP contribution is 2.43. The molecular formula is C48H46N4O4. The number of aromatic nitrogens is 2. The highest BCUT2D eigenvalue weighted by Gasteiger charge is 2.39. The molecule has 8 nitrogen and oxygen atoms in total. The van der Waals surface area contributed by atoms with Crippen molar-refractivity contribution in [2.45, 2.75) is 51.5 Å². The van der Waals surface area contributed by atoms with Gasteiger partial charge in [0.2, 0.25) is 0 Å². The molecule has 0 spiro atoms. The molecule has 1 amide bonds. The average Bonchev–Trinajstić information content (AvgIpc) is 3.25. The number of ether oxygens (including phenoxy) is 2. The van der Waals surface area contributed by atoms with Gasteiger partial charge in [-0.3, -0.25) is 14.7 Å². The van der Waals surface area contributed by atoms with Gasteiger partial charge in [0.05, 0.1) is 36.0 Å². The van der Waals surface area contributed by atoms with Crippen molar-refractivity contribution in [2.24, 2.45) is 5.92 Å². The Morgan fingerprint density at radius 1 is 0.768 bits per heavy atom. The topological polar surface area (TPSA) is 96.8 Å². The maximum absolute atomic E-state index is 13.0. The first-order chi connectivity index (χ1) is 27.3. The van der Waals surface area contributed by atoms with Crippen LogP contribution in [0.4, 0.5) is 0 Å². The molecule has 56 heavy (non-hydrogen) atoms. The van der Waals surface area contributed by atoms with Crippen LogP contribution in [0.25, 0.3) is 32.9 Å². The van der Waals surface area contributed by atoms with E-state index in [-0.39, 0.29) is 42.4 Å². The molecule has 1 fully saturated rings. The number of aliphatic hydroxyl groups excluding tert-OH is 1. The first-order valence-corrected chi connectivity index (χ1v) is 19.2. The minimum atomic E-state index is -0.603. The van der Waals surface area contributed by atoms with E-state index in [1.807, 2.05) is 54.6 Å². The predicted molar refractivity (Wildman–Crippen MR) is 221 cm³/mol. The second-order valence-corrected chi connectivity index (χ2v) is 14.8. The number of nitrogens with one attached hydrogen (secondary N) is 1. The van der Waals surface area contributed by atoms with Crippen molar-refractivity contribution in [3.05, 3.63) is 179 Å². The quantitative estimate of drug-likeness (QED) is 0.136. The summed E-state index contributed by atoms with van der Waals surface area (Å²) in [6.07, 6.45) is 0.554. The average molecular weight is 743 g/mol. The molecule has 1 saturated heterocycles. The molecule has 0 radical (unpaired) electrons. The van der Waals surface area contributed by atoms with E-state index >= 15 is 0 Å². The smallest absolute Gasteiger partial charge is 0.271 e. The van der Waals surface area contributed by atoms with Crippen LogP contribution in [0, 0.1) is 5.92 Å². The van der Waals surface area contributed by atoms with Gasteiger partial charge in [-0.25, -0.2) is 4.98 Å². The Morgan fingerprint density at radius 3 is 2.30 bits per heavy atom. The molecule has 0 saturated carbocycles. The summed E-state index contributed by atoms with van der Waals surface area (Å²) in [6.45, 7) is 5.49. The van der Waals surface area contributed by atoms with Gasteiger partial charge in [0.15, 0.2) is 6.29 Å². The lowest BCUT2D eigenvalue weighted by Crippen LogP contribution is -2.44. The minimum Gasteiger partial charge on any atom is -0.392 e. The summed E-state index contributed by atoms with van der Waals surface area (Å²) in [5, 5.41) is 15.2. The molecule has 1 aliphatic heterocycles. The van der Waals surface area contributed by atoms with Gasteiger partial charge in [0.1, 0.15) is 5.69 Å². The Kier molecular flexibility index (Phi) is 11.0. The van der Waals surface area contributed by atoms with Crippen molar-refractivity contribution in [2.75, 3.05) is 13.6 Å². The number of para-hydroxylation sites is 2. The van der Waals surface area contributed by atoms with E-state index in [0.717, 1.165) is 38.9 Å². The second kappa shape index (κ2) is 16.5. The summed E-state index contributed by atoms with van der Waals surface area (Å²) < 4.78 is 13.7. The molecule has 5 atom stereocenters. The fourth-order valence-electron chi connectivity index (χ4n) is 7.56. The molecule has 8 rings (SSSR count). The summed E-state index contributed by atoms with van der Waals surface area (Å²) in [5.41, 5.74) is 8.82. The zero-order valence-corrected chi connectivity index (χ0v) is 31.9. The van der Waals surface area contributed by atoms with E-state index in [0.29, 0.717) is 18.6 Å². The zero-order valence-electron chi connectivity index (χ0n) is 31.9. The van der Waals surface area contributed by atoms with Gasteiger partial charge in [-0.2, -0.15) is 0 Å². The van der Waals surface area contributed by atoms with Crippen molar-refractivity contribution in [1.29, 1.82) is 0 Å². The zero-order chi connectivity index (χ0) is 38.6. The molecule has 7 aromatic rings. The molecule has 1 aromatic heterocycles. The predicted octanol–water partition coefficient (Wildman–Crippen LogP) is 9.36.